The van der Waals surface area contributed by atoms with Crippen LogP contribution in [-0.4, -0.2) is 24.4 Å². The number of hydrogen-bond acceptors (Lipinski definition) is 4. The van der Waals surface area contributed by atoms with Gasteiger partial charge in [0.25, 0.3) is 0 Å². The van der Waals surface area contributed by atoms with Crippen molar-refractivity contribution in [2.24, 2.45) is 0 Å². The SMILES string of the molecule is CCC(=O)OC(C)S(=O)(=O)O. The summed E-state index contributed by atoms with van der Waals surface area (Å²) >= 11 is 0. The third kappa shape index (κ3) is 3.94. The molecular formula is C5H10O5S. The molecule has 66 valence electrons. The highest BCUT2D eigenvalue weighted by atomic mass is 32.2. The number of hydrogen-bond donors (Lipinski definition) is 1. The minimum atomic E-state index is -4.25. The molecule has 1 atom stereocenters. The monoisotopic (exact) mass is 182 g/mol. The molecule has 0 aromatic rings. The lowest BCUT2D eigenvalue weighted by atomic mass is 10.5. The summed E-state index contributed by atoms with van der Waals surface area (Å²) in [5, 5.41) is 0. The van der Waals surface area contributed by atoms with Crippen LogP contribution in [-0.2, 0) is 19.6 Å². The van der Waals surface area contributed by atoms with Crippen molar-refractivity contribution in [1.29, 1.82) is 0 Å². The third-order valence-corrected chi connectivity index (χ3v) is 1.94. The zero-order valence-electron chi connectivity index (χ0n) is 6.27. The van der Waals surface area contributed by atoms with Crippen LogP contribution in [0.25, 0.3) is 0 Å². The Kier molecular flexibility index (Phi) is 3.47. The van der Waals surface area contributed by atoms with Crippen LogP contribution in [0.2, 0.25) is 0 Å². The van der Waals surface area contributed by atoms with Crippen LogP contribution in [0.15, 0.2) is 0 Å². The van der Waals surface area contributed by atoms with Gasteiger partial charge in [-0.05, 0) is 6.92 Å². The Balaban J connectivity index is 4.10. The first kappa shape index (κ1) is 10.4. The highest BCUT2D eigenvalue weighted by Crippen LogP contribution is 2.00. The molecule has 0 heterocycles. The van der Waals surface area contributed by atoms with Gasteiger partial charge in [0, 0.05) is 6.42 Å². The van der Waals surface area contributed by atoms with E-state index in [0.717, 1.165) is 6.92 Å². The first-order chi connectivity index (χ1) is 4.88. The summed E-state index contributed by atoms with van der Waals surface area (Å²) in [7, 11) is -4.25. The number of carbonyl (C=O) groups excluding carboxylic acids is 1. The van der Waals surface area contributed by atoms with Gasteiger partial charge in [-0.15, -0.1) is 0 Å². The van der Waals surface area contributed by atoms with Crippen LogP contribution < -0.4 is 0 Å². The fourth-order valence-corrected chi connectivity index (χ4v) is 0.558. The van der Waals surface area contributed by atoms with Crippen molar-refractivity contribution in [3.05, 3.63) is 0 Å². The Hall–Kier alpha value is -0.620. The molecule has 0 radical (unpaired) electrons. The van der Waals surface area contributed by atoms with Gasteiger partial charge in [-0.1, -0.05) is 6.92 Å². The van der Waals surface area contributed by atoms with Gasteiger partial charge in [0.15, 0.2) is 0 Å². The highest BCUT2D eigenvalue weighted by molar-refractivity contribution is 7.86. The summed E-state index contributed by atoms with van der Waals surface area (Å²) in [5.41, 5.74) is -1.48. The van der Waals surface area contributed by atoms with Crippen molar-refractivity contribution in [1.82, 2.24) is 0 Å². The molecule has 1 unspecified atom stereocenters. The predicted octanol–water partition coefficient (Wildman–Crippen LogP) is 0.173. The molecule has 0 rings (SSSR count). The van der Waals surface area contributed by atoms with E-state index in [1.54, 1.807) is 0 Å². The van der Waals surface area contributed by atoms with E-state index in [-0.39, 0.29) is 6.42 Å². The molecule has 0 saturated carbocycles. The number of rotatable bonds is 3. The smallest absolute Gasteiger partial charge is 0.306 e. The molecule has 5 nitrogen and oxygen atoms in total. The van der Waals surface area contributed by atoms with Gasteiger partial charge in [-0.2, -0.15) is 8.42 Å². The molecule has 0 amide bonds. The molecule has 0 aliphatic rings. The van der Waals surface area contributed by atoms with Crippen LogP contribution >= 0.6 is 0 Å². The number of esters is 1. The average Bonchev–Trinajstić information content (AvgIpc) is 1.85. The van der Waals surface area contributed by atoms with E-state index in [1.165, 1.54) is 6.92 Å². The minimum Gasteiger partial charge on any atom is -0.444 e. The molecule has 0 aromatic carbocycles. The van der Waals surface area contributed by atoms with Gasteiger partial charge in [-0.3, -0.25) is 9.35 Å². The van der Waals surface area contributed by atoms with Crippen molar-refractivity contribution in [3.8, 4) is 0 Å². The van der Waals surface area contributed by atoms with Crippen molar-refractivity contribution in [2.45, 2.75) is 25.7 Å². The summed E-state index contributed by atoms with van der Waals surface area (Å²) < 4.78 is 33.1. The maximum atomic E-state index is 10.5. The predicted molar refractivity (Wildman–Crippen MR) is 37.4 cm³/mol. The third-order valence-electron chi connectivity index (χ3n) is 1.01. The topological polar surface area (TPSA) is 80.7 Å². The second-order valence-corrected chi connectivity index (χ2v) is 3.62. The fourth-order valence-electron chi connectivity index (χ4n) is 0.329. The van der Waals surface area contributed by atoms with E-state index in [2.05, 4.69) is 4.74 Å². The Morgan fingerprint density at radius 3 is 2.36 bits per heavy atom. The van der Waals surface area contributed by atoms with Gasteiger partial charge < -0.3 is 4.74 Å². The molecule has 1 N–H and O–H groups in total. The molecular weight excluding hydrogens is 172 g/mol. The van der Waals surface area contributed by atoms with Crippen LogP contribution in [0.5, 0.6) is 0 Å². The molecule has 6 heteroatoms. The molecule has 0 aliphatic carbocycles. The Labute approximate surface area is 65.1 Å². The Bertz CT molecular complexity index is 229. The van der Waals surface area contributed by atoms with Crippen LogP contribution in [0.4, 0.5) is 0 Å². The van der Waals surface area contributed by atoms with E-state index in [1.807, 2.05) is 0 Å². The zero-order valence-corrected chi connectivity index (χ0v) is 7.09. The lowest BCUT2D eigenvalue weighted by Crippen LogP contribution is -2.23. The summed E-state index contributed by atoms with van der Waals surface area (Å²) in [4.78, 5) is 10.5. The summed E-state index contributed by atoms with van der Waals surface area (Å²) in [6.07, 6.45) is 0.0832. The van der Waals surface area contributed by atoms with Crippen LogP contribution in [0, 0.1) is 0 Å². The Morgan fingerprint density at radius 2 is 2.09 bits per heavy atom. The van der Waals surface area contributed by atoms with Gasteiger partial charge in [0.1, 0.15) is 0 Å². The normalized spacial score (nSPS) is 14.1. The molecule has 0 spiro atoms. The summed E-state index contributed by atoms with van der Waals surface area (Å²) in [6, 6.07) is 0. The molecule has 0 fully saturated rings. The van der Waals surface area contributed by atoms with Gasteiger partial charge in [0.2, 0.25) is 5.44 Å². The summed E-state index contributed by atoms with van der Waals surface area (Å²) in [6.45, 7) is 2.61. The van der Waals surface area contributed by atoms with Crippen molar-refractivity contribution >= 4 is 16.1 Å². The van der Waals surface area contributed by atoms with E-state index in [9.17, 15) is 13.2 Å². The van der Waals surface area contributed by atoms with Crippen molar-refractivity contribution in [2.75, 3.05) is 0 Å². The minimum absolute atomic E-state index is 0.0832. The fraction of sp³-hybridized carbons (Fsp3) is 0.800. The lowest BCUT2D eigenvalue weighted by Gasteiger charge is -2.07. The zero-order chi connectivity index (χ0) is 9.07. The lowest BCUT2D eigenvalue weighted by molar-refractivity contribution is -0.144. The molecule has 0 bridgehead atoms. The standard InChI is InChI=1S/C5H10O5S/c1-3-5(6)10-4(2)11(7,8)9/h4H,3H2,1-2H3,(H,7,8,9). The van der Waals surface area contributed by atoms with Crippen molar-refractivity contribution in [3.63, 3.8) is 0 Å². The van der Waals surface area contributed by atoms with Crippen LogP contribution in [0.1, 0.15) is 20.3 Å². The number of ether oxygens (including phenoxy) is 1. The maximum Gasteiger partial charge on any atom is 0.306 e. The van der Waals surface area contributed by atoms with Gasteiger partial charge in [0.05, 0.1) is 0 Å². The largest absolute Gasteiger partial charge is 0.444 e. The quantitative estimate of drug-likeness (QED) is 0.497. The number of carbonyl (C=O) groups is 1. The van der Waals surface area contributed by atoms with Gasteiger partial charge in [-0.25, -0.2) is 0 Å². The van der Waals surface area contributed by atoms with E-state index in [4.69, 9.17) is 4.55 Å². The van der Waals surface area contributed by atoms with Crippen molar-refractivity contribution < 1.29 is 22.5 Å². The molecule has 11 heavy (non-hydrogen) atoms. The summed E-state index contributed by atoms with van der Waals surface area (Å²) in [5.74, 6) is -0.657. The van der Waals surface area contributed by atoms with Gasteiger partial charge >= 0.3 is 16.1 Å². The van der Waals surface area contributed by atoms with E-state index >= 15 is 0 Å². The molecule has 0 aromatic heterocycles. The first-order valence-corrected chi connectivity index (χ1v) is 4.54. The van der Waals surface area contributed by atoms with Crippen LogP contribution in [0.3, 0.4) is 0 Å². The molecule has 0 saturated heterocycles. The maximum absolute atomic E-state index is 10.5. The second kappa shape index (κ2) is 3.68. The highest BCUT2D eigenvalue weighted by Gasteiger charge is 2.20. The molecule has 0 aliphatic heterocycles. The van der Waals surface area contributed by atoms with E-state index in [0.29, 0.717) is 0 Å². The second-order valence-electron chi connectivity index (χ2n) is 1.93. The average molecular weight is 182 g/mol. The van der Waals surface area contributed by atoms with E-state index < -0.39 is 21.5 Å². The Morgan fingerprint density at radius 1 is 1.64 bits per heavy atom. The first-order valence-electron chi connectivity index (χ1n) is 3.03.